The number of piperazine rings is 2. The number of hydrogen-bond acceptors (Lipinski definition) is 5. The van der Waals surface area contributed by atoms with Gasteiger partial charge in [-0.1, -0.05) is 48.5 Å². The average Bonchev–Trinajstić information content (AvgIpc) is 2.84. The van der Waals surface area contributed by atoms with E-state index in [1.807, 2.05) is 37.3 Å². The number of para-hydroxylation sites is 1. The number of nitrogens with zero attached hydrogens (tertiary/aromatic N) is 3. The Labute approximate surface area is 200 Å². The van der Waals surface area contributed by atoms with Crippen LogP contribution in [0.2, 0.25) is 0 Å². The van der Waals surface area contributed by atoms with Crippen LogP contribution in [0.25, 0.3) is 0 Å². The van der Waals surface area contributed by atoms with E-state index in [0.717, 1.165) is 44.0 Å². The van der Waals surface area contributed by atoms with Crippen LogP contribution in [0.4, 0.5) is 5.69 Å². The molecule has 2 fully saturated rings. The van der Waals surface area contributed by atoms with Crippen molar-refractivity contribution in [3.63, 3.8) is 0 Å². The fourth-order valence-corrected chi connectivity index (χ4v) is 4.54. The lowest BCUT2D eigenvalue weighted by atomic mass is 10.1. The first kappa shape index (κ1) is 23.9. The smallest absolute Gasteiger partial charge is 0.243 e. The van der Waals surface area contributed by atoms with Gasteiger partial charge in [0.25, 0.3) is 0 Å². The average molecular weight is 464 g/mol. The van der Waals surface area contributed by atoms with Crippen molar-refractivity contribution in [2.75, 3.05) is 51.1 Å². The van der Waals surface area contributed by atoms with E-state index in [9.17, 15) is 14.4 Å². The molecule has 34 heavy (non-hydrogen) atoms. The van der Waals surface area contributed by atoms with Gasteiger partial charge in [0.05, 0.1) is 13.0 Å². The lowest BCUT2D eigenvalue weighted by Gasteiger charge is -2.38. The van der Waals surface area contributed by atoms with Gasteiger partial charge in [0.2, 0.25) is 17.7 Å². The van der Waals surface area contributed by atoms with E-state index in [4.69, 9.17) is 0 Å². The highest BCUT2D eigenvalue weighted by Gasteiger charge is 2.35. The predicted molar refractivity (Wildman–Crippen MR) is 131 cm³/mol. The van der Waals surface area contributed by atoms with Gasteiger partial charge in [-0.3, -0.25) is 24.2 Å². The van der Waals surface area contributed by atoms with E-state index in [2.05, 4.69) is 44.7 Å². The summed E-state index contributed by atoms with van der Waals surface area (Å²) in [6.45, 7) is 7.31. The summed E-state index contributed by atoms with van der Waals surface area (Å²) in [5, 5.41) is 5.67. The molecule has 3 amide bonds. The third-order valence-electron chi connectivity index (χ3n) is 6.52. The molecule has 4 rings (SSSR count). The first-order valence-electron chi connectivity index (χ1n) is 11.9. The molecule has 1 atom stereocenters. The molecular weight excluding hydrogens is 430 g/mol. The zero-order valence-electron chi connectivity index (χ0n) is 19.7. The van der Waals surface area contributed by atoms with Crippen molar-refractivity contribution >= 4 is 23.4 Å². The van der Waals surface area contributed by atoms with Crippen LogP contribution in [0.1, 0.15) is 17.5 Å². The van der Waals surface area contributed by atoms with E-state index in [1.165, 1.54) is 5.56 Å². The normalized spacial score (nSPS) is 19.5. The molecule has 2 aliphatic rings. The molecule has 2 aliphatic heterocycles. The van der Waals surface area contributed by atoms with E-state index in [-0.39, 0.29) is 30.7 Å². The van der Waals surface area contributed by atoms with Gasteiger partial charge in [-0.2, -0.15) is 0 Å². The standard InChI is InChI=1S/C26H33N5O3/c1-20-7-5-6-10-22(20)28-24(32)17-23-26(34)27-11-12-31(23)25(33)19-30-15-13-29(14-16-30)18-21-8-3-2-4-9-21/h2-10,23H,11-19H2,1H3,(H,27,34)(H,28,32)/t23-/m1/s1. The number of carbonyl (C=O) groups is 3. The van der Waals surface area contributed by atoms with Crippen LogP contribution in [0.5, 0.6) is 0 Å². The molecule has 0 unspecified atom stereocenters. The molecule has 8 heteroatoms. The quantitative estimate of drug-likeness (QED) is 0.650. The third kappa shape index (κ3) is 6.21. The highest BCUT2D eigenvalue weighted by molar-refractivity contribution is 5.98. The van der Waals surface area contributed by atoms with Crippen LogP contribution in [0.15, 0.2) is 54.6 Å². The Kier molecular flexibility index (Phi) is 7.92. The van der Waals surface area contributed by atoms with Gasteiger partial charge in [0.1, 0.15) is 6.04 Å². The van der Waals surface area contributed by atoms with Crippen molar-refractivity contribution in [2.24, 2.45) is 0 Å². The summed E-state index contributed by atoms with van der Waals surface area (Å²) >= 11 is 0. The summed E-state index contributed by atoms with van der Waals surface area (Å²) in [5.74, 6) is -0.643. The number of amides is 3. The van der Waals surface area contributed by atoms with Gasteiger partial charge in [-0.25, -0.2) is 0 Å². The van der Waals surface area contributed by atoms with Crippen molar-refractivity contribution in [1.29, 1.82) is 0 Å². The van der Waals surface area contributed by atoms with E-state index in [1.54, 1.807) is 4.90 Å². The summed E-state index contributed by atoms with van der Waals surface area (Å²) in [4.78, 5) is 44.5. The van der Waals surface area contributed by atoms with Gasteiger partial charge < -0.3 is 15.5 Å². The summed E-state index contributed by atoms with van der Waals surface area (Å²) in [7, 11) is 0. The molecule has 0 bridgehead atoms. The maximum Gasteiger partial charge on any atom is 0.243 e. The van der Waals surface area contributed by atoms with E-state index < -0.39 is 6.04 Å². The molecule has 2 aromatic rings. The number of carbonyl (C=O) groups excluding carboxylic acids is 3. The highest BCUT2D eigenvalue weighted by atomic mass is 16.2. The molecular formula is C26H33N5O3. The zero-order chi connectivity index (χ0) is 23.9. The molecule has 2 N–H and O–H groups in total. The highest BCUT2D eigenvalue weighted by Crippen LogP contribution is 2.16. The first-order valence-corrected chi connectivity index (χ1v) is 11.9. The van der Waals surface area contributed by atoms with Crippen molar-refractivity contribution in [2.45, 2.75) is 25.9 Å². The summed E-state index contributed by atoms with van der Waals surface area (Å²) in [6.07, 6.45) is -0.0588. The predicted octanol–water partition coefficient (Wildman–Crippen LogP) is 1.47. The Morgan fingerprint density at radius 1 is 0.941 bits per heavy atom. The van der Waals surface area contributed by atoms with Gasteiger partial charge >= 0.3 is 0 Å². The molecule has 0 spiro atoms. The Balaban J connectivity index is 1.30. The fraction of sp³-hybridized carbons (Fsp3) is 0.423. The molecule has 0 saturated carbocycles. The number of anilines is 1. The number of rotatable bonds is 7. The Morgan fingerprint density at radius 2 is 1.62 bits per heavy atom. The monoisotopic (exact) mass is 463 g/mol. The molecule has 2 saturated heterocycles. The second kappa shape index (κ2) is 11.3. The maximum absolute atomic E-state index is 13.1. The number of nitrogens with one attached hydrogen (secondary N) is 2. The zero-order valence-corrected chi connectivity index (χ0v) is 19.7. The molecule has 2 aromatic carbocycles. The minimum Gasteiger partial charge on any atom is -0.353 e. The number of aryl methyl sites for hydroxylation is 1. The van der Waals surface area contributed by atoms with Gasteiger partial charge in [0, 0.05) is 51.5 Å². The fourth-order valence-electron chi connectivity index (χ4n) is 4.54. The lowest BCUT2D eigenvalue weighted by Crippen LogP contribution is -2.60. The van der Waals surface area contributed by atoms with Crippen LogP contribution in [-0.2, 0) is 20.9 Å². The van der Waals surface area contributed by atoms with Crippen molar-refractivity contribution in [3.8, 4) is 0 Å². The van der Waals surface area contributed by atoms with Crippen LogP contribution in [0.3, 0.4) is 0 Å². The number of benzene rings is 2. The summed E-state index contributed by atoms with van der Waals surface area (Å²) in [5.41, 5.74) is 2.96. The Morgan fingerprint density at radius 3 is 2.35 bits per heavy atom. The van der Waals surface area contributed by atoms with Crippen molar-refractivity contribution < 1.29 is 14.4 Å². The molecule has 0 radical (unpaired) electrons. The number of hydrogen-bond donors (Lipinski definition) is 2. The van der Waals surface area contributed by atoms with Gasteiger partial charge in [-0.05, 0) is 24.1 Å². The largest absolute Gasteiger partial charge is 0.353 e. The molecule has 2 heterocycles. The second-order valence-electron chi connectivity index (χ2n) is 9.00. The maximum atomic E-state index is 13.1. The minimum atomic E-state index is -0.787. The van der Waals surface area contributed by atoms with Crippen molar-refractivity contribution in [3.05, 3.63) is 65.7 Å². The van der Waals surface area contributed by atoms with Crippen LogP contribution >= 0.6 is 0 Å². The molecule has 180 valence electrons. The van der Waals surface area contributed by atoms with Crippen LogP contribution in [0, 0.1) is 6.92 Å². The molecule has 8 nitrogen and oxygen atoms in total. The molecule has 0 aromatic heterocycles. The lowest BCUT2D eigenvalue weighted by molar-refractivity contribution is -0.145. The van der Waals surface area contributed by atoms with Gasteiger partial charge in [0.15, 0.2) is 0 Å². The first-order chi connectivity index (χ1) is 16.5. The van der Waals surface area contributed by atoms with E-state index >= 15 is 0 Å². The summed E-state index contributed by atoms with van der Waals surface area (Å²) < 4.78 is 0. The SMILES string of the molecule is Cc1ccccc1NC(=O)C[C@@H]1C(=O)NCCN1C(=O)CN1CCN(Cc2ccccc2)CC1. The Bertz CT molecular complexity index is 1000. The van der Waals surface area contributed by atoms with Crippen LogP contribution < -0.4 is 10.6 Å². The van der Waals surface area contributed by atoms with Crippen molar-refractivity contribution in [1.82, 2.24) is 20.0 Å². The third-order valence-corrected chi connectivity index (χ3v) is 6.52. The summed E-state index contributed by atoms with van der Waals surface area (Å²) in [6, 6.07) is 17.1. The molecule has 0 aliphatic carbocycles. The van der Waals surface area contributed by atoms with Gasteiger partial charge in [-0.15, -0.1) is 0 Å². The minimum absolute atomic E-state index is 0.0588. The van der Waals surface area contributed by atoms with E-state index in [0.29, 0.717) is 13.1 Å². The Hall–Kier alpha value is -3.23. The topological polar surface area (TPSA) is 85.0 Å². The van der Waals surface area contributed by atoms with Crippen LogP contribution in [-0.4, -0.2) is 84.3 Å². The second-order valence-corrected chi connectivity index (χ2v) is 9.00.